The summed E-state index contributed by atoms with van der Waals surface area (Å²) in [7, 11) is 9.21. The minimum atomic E-state index is -1.23. The molecular weight excluding hydrogens is 745 g/mol. The number of nitrogens with one attached hydrogen (secondary N) is 1. The molecule has 0 fully saturated rings. The highest BCUT2D eigenvalue weighted by Gasteiger charge is 2.40. The highest BCUT2D eigenvalue weighted by molar-refractivity contribution is 5.95. The molecule has 0 aliphatic carbocycles. The molecule has 0 heterocycles. The van der Waals surface area contributed by atoms with Crippen molar-refractivity contribution in [3.63, 3.8) is 0 Å². The van der Waals surface area contributed by atoms with Crippen LogP contribution in [0.5, 0.6) is 17.2 Å². The van der Waals surface area contributed by atoms with Crippen LogP contribution in [0.25, 0.3) is 0 Å². The topological polar surface area (TPSA) is 175 Å². The summed E-state index contributed by atoms with van der Waals surface area (Å²) in [6.07, 6.45) is -0.341. The lowest BCUT2D eigenvalue weighted by Gasteiger charge is -2.36. The summed E-state index contributed by atoms with van der Waals surface area (Å²) in [5.74, 6) is -3.22. The van der Waals surface area contributed by atoms with Gasteiger partial charge in [-0.1, -0.05) is 64.1 Å². The van der Waals surface area contributed by atoms with Gasteiger partial charge in [0, 0.05) is 32.9 Å². The van der Waals surface area contributed by atoms with Crippen molar-refractivity contribution in [2.75, 3.05) is 42.4 Å². The average molecular weight is 805 g/mol. The van der Waals surface area contributed by atoms with Gasteiger partial charge < -0.3 is 39.5 Å². The van der Waals surface area contributed by atoms with Crippen molar-refractivity contribution in [3.05, 3.63) is 89.5 Å². The van der Waals surface area contributed by atoms with Crippen LogP contribution in [0.4, 0.5) is 0 Å². The summed E-state index contributed by atoms with van der Waals surface area (Å²) >= 11 is 0. The SMILES string of the molecule is CC[C@@H](C)[C@H](OC(=O)[C@@H](Cc1ccc(OC)cc1)N(C)C)C(=O)N[C@@H](C(=O)N(C)[C@H](Cc1ccc(O)cc1)C(=O)N(C)[C@H](Cc1ccc(O)cc1)C(=O)OC)C(C)C. The van der Waals surface area contributed by atoms with E-state index < -0.39 is 71.8 Å². The first kappa shape index (κ1) is 46.8. The molecule has 0 spiro atoms. The summed E-state index contributed by atoms with van der Waals surface area (Å²) in [5.41, 5.74) is 2.15. The van der Waals surface area contributed by atoms with E-state index in [1.54, 1.807) is 83.3 Å². The van der Waals surface area contributed by atoms with E-state index in [9.17, 15) is 34.2 Å². The fourth-order valence-corrected chi connectivity index (χ4v) is 6.43. The second-order valence-corrected chi connectivity index (χ2v) is 15.2. The smallest absolute Gasteiger partial charge is 0.328 e. The van der Waals surface area contributed by atoms with E-state index in [1.165, 1.54) is 55.3 Å². The van der Waals surface area contributed by atoms with Gasteiger partial charge in [-0.25, -0.2) is 4.79 Å². The quantitative estimate of drug-likeness (QED) is 0.141. The average Bonchev–Trinajstić information content (AvgIpc) is 3.21. The molecule has 3 rings (SSSR count). The van der Waals surface area contributed by atoms with Crippen LogP contribution in [-0.2, 0) is 52.7 Å². The van der Waals surface area contributed by atoms with E-state index in [1.807, 2.05) is 19.1 Å². The number of carbonyl (C=O) groups is 5. The van der Waals surface area contributed by atoms with Crippen molar-refractivity contribution in [2.24, 2.45) is 11.8 Å². The van der Waals surface area contributed by atoms with Crippen molar-refractivity contribution < 1.29 is 48.4 Å². The van der Waals surface area contributed by atoms with Crippen LogP contribution < -0.4 is 10.1 Å². The Balaban J connectivity index is 1.92. The zero-order valence-corrected chi connectivity index (χ0v) is 35.3. The lowest BCUT2D eigenvalue weighted by atomic mass is 9.96. The second kappa shape index (κ2) is 21.8. The molecule has 3 aromatic carbocycles. The molecule has 0 aliphatic rings. The first-order chi connectivity index (χ1) is 27.4. The molecule has 0 bridgehead atoms. The van der Waals surface area contributed by atoms with Crippen molar-refractivity contribution in [1.82, 2.24) is 20.0 Å². The fourth-order valence-electron chi connectivity index (χ4n) is 6.43. The number of ether oxygens (including phenoxy) is 3. The number of phenols is 2. The minimum absolute atomic E-state index is 0.00475. The first-order valence-corrected chi connectivity index (χ1v) is 19.4. The lowest BCUT2D eigenvalue weighted by Crippen LogP contribution is -2.59. The Kier molecular flexibility index (Phi) is 17.5. The van der Waals surface area contributed by atoms with Gasteiger partial charge in [-0.15, -0.1) is 0 Å². The Morgan fingerprint density at radius 3 is 1.52 bits per heavy atom. The minimum Gasteiger partial charge on any atom is -0.508 e. The molecule has 3 aromatic rings. The monoisotopic (exact) mass is 804 g/mol. The molecule has 0 aliphatic heterocycles. The van der Waals surface area contributed by atoms with Gasteiger partial charge >= 0.3 is 11.9 Å². The van der Waals surface area contributed by atoms with Gasteiger partial charge in [-0.05, 0) is 85.9 Å². The Labute approximate surface area is 342 Å². The molecule has 0 saturated heterocycles. The van der Waals surface area contributed by atoms with Gasteiger partial charge in [0.25, 0.3) is 5.91 Å². The second-order valence-electron chi connectivity index (χ2n) is 15.2. The van der Waals surface area contributed by atoms with E-state index in [0.29, 0.717) is 29.7 Å². The predicted octanol–water partition coefficient (Wildman–Crippen LogP) is 3.99. The van der Waals surface area contributed by atoms with E-state index in [-0.39, 0.29) is 24.3 Å². The Morgan fingerprint density at radius 2 is 1.09 bits per heavy atom. The lowest BCUT2D eigenvalue weighted by molar-refractivity contribution is -0.164. The van der Waals surface area contributed by atoms with Gasteiger partial charge in [0.05, 0.1) is 14.2 Å². The van der Waals surface area contributed by atoms with Crippen LogP contribution in [0, 0.1) is 11.8 Å². The largest absolute Gasteiger partial charge is 0.508 e. The molecule has 58 heavy (non-hydrogen) atoms. The predicted molar refractivity (Wildman–Crippen MR) is 219 cm³/mol. The molecule has 0 radical (unpaired) electrons. The molecule has 0 aromatic heterocycles. The summed E-state index contributed by atoms with van der Waals surface area (Å²) in [6, 6.07) is 15.6. The van der Waals surface area contributed by atoms with Gasteiger partial charge in [0.15, 0.2) is 6.10 Å². The molecule has 14 nitrogen and oxygen atoms in total. The number of hydrogen-bond donors (Lipinski definition) is 3. The Morgan fingerprint density at radius 1 is 0.638 bits per heavy atom. The van der Waals surface area contributed by atoms with Crippen molar-refractivity contribution in [2.45, 2.75) is 83.6 Å². The normalized spacial score (nSPS) is 14.3. The number of methoxy groups -OCH3 is 2. The number of carbonyl (C=O) groups excluding carboxylic acids is 5. The van der Waals surface area contributed by atoms with E-state index >= 15 is 0 Å². The third kappa shape index (κ3) is 12.7. The van der Waals surface area contributed by atoms with Crippen LogP contribution in [0.1, 0.15) is 50.8 Å². The van der Waals surface area contributed by atoms with Crippen LogP contribution in [0.3, 0.4) is 0 Å². The fraction of sp³-hybridized carbons (Fsp3) is 0.477. The van der Waals surface area contributed by atoms with Gasteiger partial charge in [0.2, 0.25) is 11.8 Å². The number of benzene rings is 3. The number of aromatic hydroxyl groups is 2. The van der Waals surface area contributed by atoms with Crippen molar-refractivity contribution >= 4 is 29.7 Å². The molecule has 316 valence electrons. The third-order valence-corrected chi connectivity index (χ3v) is 10.5. The molecular formula is C44H60N4O10. The number of amides is 3. The maximum absolute atomic E-state index is 14.5. The number of nitrogens with zero attached hydrogens (tertiary/aromatic N) is 3. The number of hydrogen-bond acceptors (Lipinski definition) is 11. The number of likely N-dealkylation sites (N-methyl/N-ethyl adjacent to an activating group) is 3. The van der Waals surface area contributed by atoms with Gasteiger partial charge in [-0.2, -0.15) is 0 Å². The highest BCUT2D eigenvalue weighted by atomic mass is 16.6. The van der Waals surface area contributed by atoms with Crippen LogP contribution >= 0.6 is 0 Å². The van der Waals surface area contributed by atoms with Crippen LogP contribution in [-0.4, -0.2) is 127 Å². The standard InChI is InChI=1S/C44H60N4O10/c1-11-28(4)39(58-44(55)36(46(5)6)25-31-16-22-34(56-9)23-17-31)40(51)45-38(27(2)3)42(53)47(7)35(24-29-12-18-32(49)19-13-29)41(52)48(8)37(43(54)57-10)26-30-14-20-33(50)21-15-30/h12-23,27-28,35-39,49-50H,11,24-26H2,1-10H3,(H,45,51)/t28-,35-,36-,37-,38-,39+/m1/s1. The Bertz CT molecular complexity index is 1820. The van der Waals surface area contributed by atoms with E-state index in [4.69, 9.17) is 14.2 Å². The number of phenolic OH excluding ortho intramolecular Hbond substituents is 2. The summed E-state index contributed by atoms with van der Waals surface area (Å²) in [4.78, 5) is 74.2. The number of rotatable bonds is 20. The first-order valence-electron chi connectivity index (χ1n) is 19.4. The van der Waals surface area contributed by atoms with E-state index in [0.717, 1.165) is 5.56 Å². The van der Waals surface area contributed by atoms with Crippen LogP contribution in [0.15, 0.2) is 72.8 Å². The zero-order valence-electron chi connectivity index (χ0n) is 35.3. The summed E-state index contributed by atoms with van der Waals surface area (Å²) < 4.78 is 16.3. The zero-order chi connectivity index (χ0) is 43.3. The maximum atomic E-state index is 14.5. The number of esters is 2. The van der Waals surface area contributed by atoms with Crippen molar-refractivity contribution in [3.8, 4) is 17.2 Å². The molecule has 6 atom stereocenters. The van der Waals surface area contributed by atoms with Gasteiger partial charge in [-0.3, -0.25) is 24.1 Å². The third-order valence-electron chi connectivity index (χ3n) is 10.5. The van der Waals surface area contributed by atoms with Crippen LogP contribution in [0.2, 0.25) is 0 Å². The maximum Gasteiger partial charge on any atom is 0.328 e. The van der Waals surface area contributed by atoms with Gasteiger partial charge in [0.1, 0.15) is 41.4 Å². The highest BCUT2D eigenvalue weighted by Crippen LogP contribution is 2.22. The molecule has 0 saturated carbocycles. The molecule has 3 N–H and O–H groups in total. The summed E-state index contributed by atoms with van der Waals surface area (Å²) in [6.45, 7) is 7.18. The summed E-state index contributed by atoms with van der Waals surface area (Å²) in [5, 5.41) is 22.6. The molecule has 14 heteroatoms. The Hall–Kier alpha value is -5.63. The molecule has 0 unspecified atom stereocenters. The van der Waals surface area contributed by atoms with Crippen molar-refractivity contribution in [1.29, 1.82) is 0 Å². The van der Waals surface area contributed by atoms with E-state index in [2.05, 4.69) is 5.32 Å². The molecule has 3 amide bonds.